The van der Waals surface area contributed by atoms with Gasteiger partial charge in [-0.25, -0.2) is 4.98 Å². The average Bonchev–Trinajstić information content (AvgIpc) is 2.48. The van der Waals surface area contributed by atoms with Gasteiger partial charge in [-0.05, 0) is 25.0 Å². The highest BCUT2D eigenvalue weighted by atomic mass is 16.2. The molecular formula is C16H27N3O. The summed E-state index contributed by atoms with van der Waals surface area (Å²) in [6, 6.07) is 3.62. The van der Waals surface area contributed by atoms with Crippen LogP contribution in [0.5, 0.6) is 0 Å². The summed E-state index contributed by atoms with van der Waals surface area (Å²) < 4.78 is 0. The van der Waals surface area contributed by atoms with Gasteiger partial charge >= 0.3 is 0 Å². The molecule has 0 radical (unpaired) electrons. The van der Waals surface area contributed by atoms with Crippen LogP contribution >= 0.6 is 0 Å². The van der Waals surface area contributed by atoms with Crippen LogP contribution in [0.15, 0.2) is 18.3 Å². The van der Waals surface area contributed by atoms with Crippen molar-refractivity contribution in [2.24, 2.45) is 0 Å². The summed E-state index contributed by atoms with van der Waals surface area (Å²) in [4.78, 5) is 18.3. The van der Waals surface area contributed by atoms with E-state index in [4.69, 9.17) is 0 Å². The molecule has 1 heterocycles. The molecule has 0 spiro atoms. The topological polar surface area (TPSA) is 45.2 Å². The standard InChI is InChI=1S/C16H27N3O/c1-4-6-8-10-17-15-13-14(9-11-18-15)16(20)19(3)12-7-5-2/h9,11,13H,4-8,10,12H2,1-3H3,(H,17,18). The molecule has 0 bridgehead atoms. The molecule has 1 aromatic rings. The van der Waals surface area contributed by atoms with Crippen LogP contribution in [0.25, 0.3) is 0 Å². The Labute approximate surface area is 122 Å². The van der Waals surface area contributed by atoms with Gasteiger partial charge in [0.05, 0.1) is 0 Å². The van der Waals surface area contributed by atoms with Gasteiger partial charge in [-0.15, -0.1) is 0 Å². The van der Waals surface area contributed by atoms with Gasteiger partial charge in [0.15, 0.2) is 0 Å². The molecule has 4 nitrogen and oxygen atoms in total. The second kappa shape index (κ2) is 9.34. The molecule has 0 fully saturated rings. The lowest BCUT2D eigenvalue weighted by Crippen LogP contribution is -2.27. The first-order valence-corrected chi connectivity index (χ1v) is 7.64. The summed E-state index contributed by atoms with van der Waals surface area (Å²) in [5.41, 5.74) is 0.705. The summed E-state index contributed by atoms with van der Waals surface area (Å²) in [5.74, 6) is 0.855. The SMILES string of the molecule is CCCCCNc1cc(C(=O)N(C)CCCC)ccn1. The third-order valence-corrected chi connectivity index (χ3v) is 3.29. The first-order valence-electron chi connectivity index (χ1n) is 7.64. The highest BCUT2D eigenvalue weighted by Gasteiger charge is 2.11. The second-order valence-corrected chi connectivity index (χ2v) is 5.14. The van der Waals surface area contributed by atoms with Crippen molar-refractivity contribution in [1.82, 2.24) is 9.88 Å². The Hall–Kier alpha value is -1.58. The van der Waals surface area contributed by atoms with Gasteiger partial charge in [0.25, 0.3) is 5.91 Å². The van der Waals surface area contributed by atoms with Crippen LogP contribution in [0.2, 0.25) is 0 Å². The van der Waals surface area contributed by atoms with E-state index in [1.165, 1.54) is 12.8 Å². The molecule has 20 heavy (non-hydrogen) atoms. The van der Waals surface area contributed by atoms with Gasteiger partial charge in [-0.3, -0.25) is 4.79 Å². The lowest BCUT2D eigenvalue weighted by Gasteiger charge is -2.17. The Bertz CT molecular complexity index is 406. The van der Waals surface area contributed by atoms with Gasteiger partial charge in [-0.2, -0.15) is 0 Å². The van der Waals surface area contributed by atoms with E-state index in [0.29, 0.717) is 5.56 Å². The molecule has 1 aromatic heterocycles. The quantitative estimate of drug-likeness (QED) is 0.702. The molecule has 4 heteroatoms. The number of pyridine rings is 1. The number of aromatic nitrogens is 1. The van der Waals surface area contributed by atoms with Gasteiger partial charge < -0.3 is 10.2 Å². The minimum absolute atomic E-state index is 0.0671. The molecule has 0 atom stereocenters. The first kappa shape index (κ1) is 16.5. The first-order chi connectivity index (χ1) is 9.69. The zero-order valence-corrected chi connectivity index (χ0v) is 13.0. The Morgan fingerprint density at radius 2 is 2.00 bits per heavy atom. The van der Waals surface area contributed by atoms with Crippen molar-refractivity contribution < 1.29 is 4.79 Å². The molecule has 1 amide bonds. The van der Waals surface area contributed by atoms with Crippen LogP contribution in [-0.4, -0.2) is 35.9 Å². The van der Waals surface area contributed by atoms with Crippen molar-refractivity contribution in [2.45, 2.75) is 46.0 Å². The fourth-order valence-corrected chi connectivity index (χ4v) is 1.97. The van der Waals surface area contributed by atoms with Crippen LogP contribution < -0.4 is 5.32 Å². The number of hydrogen-bond acceptors (Lipinski definition) is 3. The predicted molar refractivity (Wildman–Crippen MR) is 84.1 cm³/mol. The van der Waals surface area contributed by atoms with E-state index >= 15 is 0 Å². The zero-order chi connectivity index (χ0) is 14.8. The molecule has 0 aromatic carbocycles. The number of carbonyl (C=O) groups is 1. The number of rotatable bonds is 9. The summed E-state index contributed by atoms with van der Waals surface area (Å²) in [6.45, 7) is 6.02. The number of hydrogen-bond donors (Lipinski definition) is 1. The Balaban J connectivity index is 2.55. The van der Waals surface area contributed by atoms with Crippen molar-refractivity contribution in [3.63, 3.8) is 0 Å². The number of nitrogens with zero attached hydrogens (tertiary/aromatic N) is 2. The molecule has 0 saturated carbocycles. The average molecular weight is 277 g/mol. The molecule has 0 saturated heterocycles. The van der Waals surface area contributed by atoms with E-state index in [0.717, 1.165) is 38.2 Å². The Morgan fingerprint density at radius 1 is 1.25 bits per heavy atom. The lowest BCUT2D eigenvalue weighted by molar-refractivity contribution is 0.0793. The fourth-order valence-electron chi connectivity index (χ4n) is 1.97. The monoisotopic (exact) mass is 277 g/mol. The van der Waals surface area contributed by atoms with Crippen molar-refractivity contribution in [3.8, 4) is 0 Å². The molecule has 0 aliphatic rings. The third kappa shape index (κ3) is 5.59. The maximum absolute atomic E-state index is 12.2. The van der Waals surface area contributed by atoms with E-state index in [2.05, 4.69) is 24.1 Å². The highest BCUT2D eigenvalue weighted by Crippen LogP contribution is 2.10. The maximum atomic E-state index is 12.2. The molecule has 112 valence electrons. The summed E-state index contributed by atoms with van der Waals surface area (Å²) in [7, 11) is 1.85. The van der Waals surface area contributed by atoms with E-state index in [9.17, 15) is 4.79 Å². The van der Waals surface area contributed by atoms with Crippen LogP contribution in [0.1, 0.15) is 56.3 Å². The minimum Gasteiger partial charge on any atom is -0.370 e. The minimum atomic E-state index is 0.0671. The lowest BCUT2D eigenvalue weighted by atomic mass is 10.2. The van der Waals surface area contributed by atoms with Gasteiger partial charge in [-0.1, -0.05) is 33.1 Å². The van der Waals surface area contributed by atoms with E-state index in [-0.39, 0.29) is 5.91 Å². The number of unbranched alkanes of at least 4 members (excludes halogenated alkanes) is 3. The van der Waals surface area contributed by atoms with Crippen molar-refractivity contribution in [2.75, 3.05) is 25.5 Å². The maximum Gasteiger partial charge on any atom is 0.253 e. The Morgan fingerprint density at radius 3 is 2.70 bits per heavy atom. The van der Waals surface area contributed by atoms with Crippen molar-refractivity contribution in [3.05, 3.63) is 23.9 Å². The number of carbonyl (C=O) groups excluding carboxylic acids is 1. The van der Waals surface area contributed by atoms with Gasteiger partial charge in [0.2, 0.25) is 0 Å². The van der Waals surface area contributed by atoms with E-state index in [1.54, 1.807) is 17.2 Å². The number of anilines is 1. The normalized spacial score (nSPS) is 10.3. The molecule has 0 aliphatic heterocycles. The van der Waals surface area contributed by atoms with E-state index < -0.39 is 0 Å². The fraction of sp³-hybridized carbons (Fsp3) is 0.625. The molecule has 1 N–H and O–H groups in total. The molecule has 0 unspecified atom stereocenters. The molecular weight excluding hydrogens is 250 g/mol. The summed E-state index contributed by atoms with van der Waals surface area (Å²) in [6.07, 6.45) is 7.38. The number of amides is 1. The van der Waals surface area contributed by atoms with Crippen molar-refractivity contribution >= 4 is 11.7 Å². The predicted octanol–water partition coefficient (Wildman–Crippen LogP) is 3.56. The second-order valence-electron chi connectivity index (χ2n) is 5.14. The molecule has 1 rings (SSSR count). The van der Waals surface area contributed by atoms with Gasteiger partial charge in [0, 0.05) is 31.9 Å². The highest BCUT2D eigenvalue weighted by molar-refractivity contribution is 5.94. The largest absolute Gasteiger partial charge is 0.370 e. The molecule has 0 aliphatic carbocycles. The van der Waals surface area contributed by atoms with E-state index in [1.807, 2.05) is 13.1 Å². The zero-order valence-electron chi connectivity index (χ0n) is 13.0. The number of nitrogens with one attached hydrogen (secondary N) is 1. The summed E-state index contributed by atoms with van der Waals surface area (Å²) >= 11 is 0. The Kier molecular flexibility index (Phi) is 7.70. The van der Waals surface area contributed by atoms with Crippen LogP contribution in [-0.2, 0) is 0 Å². The smallest absolute Gasteiger partial charge is 0.253 e. The summed E-state index contributed by atoms with van der Waals surface area (Å²) in [5, 5.41) is 3.27. The third-order valence-electron chi connectivity index (χ3n) is 3.29. The van der Waals surface area contributed by atoms with Crippen LogP contribution in [0.3, 0.4) is 0 Å². The van der Waals surface area contributed by atoms with Crippen LogP contribution in [0, 0.1) is 0 Å². The van der Waals surface area contributed by atoms with Gasteiger partial charge in [0.1, 0.15) is 5.82 Å². The van der Waals surface area contributed by atoms with Crippen LogP contribution in [0.4, 0.5) is 5.82 Å². The van der Waals surface area contributed by atoms with Crippen molar-refractivity contribution in [1.29, 1.82) is 0 Å².